The maximum atomic E-state index is 9.56. The average molecular weight is 220 g/mol. The Hall–Kier alpha value is -0.200. The summed E-state index contributed by atoms with van der Waals surface area (Å²) < 4.78 is 10.5. The van der Waals surface area contributed by atoms with Crippen LogP contribution >= 0.6 is 0 Å². The normalized spacial score (nSPS) is 41.8. The highest BCUT2D eigenvalue weighted by Gasteiger charge is 2.42. The van der Waals surface area contributed by atoms with Crippen molar-refractivity contribution in [2.24, 2.45) is 0 Å². The Labute approximate surface area is 89.6 Å². The SMILES string of the molecule is CCCCO[C@@H]1OC(C)[C@@H](O)[C@H](O)C1O. The Kier molecular flexibility index (Phi) is 4.95. The molecule has 2 unspecified atom stereocenters. The molecule has 0 aromatic rings. The molecule has 5 atom stereocenters. The summed E-state index contributed by atoms with van der Waals surface area (Å²) in [5.74, 6) is 0. The van der Waals surface area contributed by atoms with E-state index in [0.29, 0.717) is 6.61 Å². The van der Waals surface area contributed by atoms with Gasteiger partial charge in [-0.1, -0.05) is 13.3 Å². The molecule has 0 saturated carbocycles. The molecule has 0 amide bonds. The number of unbranched alkanes of at least 4 members (excludes halogenated alkanes) is 1. The van der Waals surface area contributed by atoms with Crippen LogP contribution in [0.5, 0.6) is 0 Å². The van der Waals surface area contributed by atoms with Gasteiger partial charge in [0.25, 0.3) is 0 Å². The molecule has 1 aliphatic heterocycles. The third-order valence-electron chi connectivity index (χ3n) is 2.59. The predicted octanol–water partition coefficient (Wildman–Crippen LogP) is -0.369. The number of hydrogen-bond donors (Lipinski definition) is 3. The first-order valence-electron chi connectivity index (χ1n) is 5.39. The van der Waals surface area contributed by atoms with Crippen molar-refractivity contribution >= 4 is 0 Å². The van der Waals surface area contributed by atoms with Gasteiger partial charge in [0.2, 0.25) is 0 Å². The second kappa shape index (κ2) is 5.77. The van der Waals surface area contributed by atoms with Crippen LogP contribution in [-0.4, -0.2) is 52.6 Å². The van der Waals surface area contributed by atoms with E-state index in [0.717, 1.165) is 12.8 Å². The van der Waals surface area contributed by atoms with Crippen LogP contribution in [0.3, 0.4) is 0 Å². The number of aliphatic hydroxyl groups is 3. The summed E-state index contributed by atoms with van der Waals surface area (Å²) >= 11 is 0. The van der Waals surface area contributed by atoms with Crippen LogP contribution in [0, 0.1) is 0 Å². The fourth-order valence-electron chi connectivity index (χ4n) is 1.49. The summed E-state index contributed by atoms with van der Waals surface area (Å²) in [7, 11) is 0. The topological polar surface area (TPSA) is 79.2 Å². The maximum Gasteiger partial charge on any atom is 0.186 e. The van der Waals surface area contributed by atoms with Crippen LogP contribution in [0.25, 0.3) is 0 Å². The monoisotopic (exact) mass is 220 g/mol. The molecule has 0 aromatic heterocycles. The molecule has 1 rings (SSSR count). The Balaban J connectivity index is 2.43. The third kappa shape index (κ3) is 3.12. The van der Waals surface area contributed by atoms with Crippen LogP contribution < -0.4 is 0 Å². The largest absolute Gasteiger partial charge is 0.388 e. The standard InChI is InChI=1S/C10H20O5/c1-3-4-5-14-10-9(13)8(12)7(11)6(2)15-10/h6-13H,3-5H2,1-2H3/t6?,7-,8+,9?,10-/m1/s1. The van der Waals surface area contributed by atoms with Gasteiger partial charge in [0.1, 0.15) is 18.3 Å². The summed E-state index contributed by atoms with van der Waals surface area (Å²) in [4.78, 5) is 0. The first kappa shape index (κ1) is 12.9. The summed E-state index contributed by atoms with van der Waals surface area (Å²) in [5, 5.41) is 28.5. The van der Waals surface area contributed by atoms with Gasteiger partial charge in [-0.05, 0) is 13.3 Å². The molecule has 1 aliphatic rings. The van der Waals surface area contributed by atoms with Crippen LogP contribution in [-0.2, 0) is 9.47 Å². The number of rotatable bonds is 4. The predicted molar refractivity (Wildman–Crippen MR) is 53.2 cm³/mol. The van der Waals surface area contributed by atoms with Gasteiger partial charge in [-0.3, -0.25) is 0 Å². The molecular weight excluding hydrogens is 200 g/mol. The van der Waals surface area contributed by atoms with E-state index in [1.54, 1.807) is 6.92 Å². The van der Waals surface area contributed by atoms with Crippen LogP contribution in [0.1, 0.15) is 26.7 Å². The van der Waals surface area contributed by atoms with E-state index in [9.17, 15) is 15.3 Å². The molecule has 1 fully saturated rings. The molecule has 1 saturated heterocycles. The lowest BCUT2D eigenvalue weighted by Gasteiger charge is -2.38. The van der Waals surface area contributed by atoms with Gasteiger partial charge >= 0.3 is 0 Å². The molecule has 0 spiro atoms. The molecule has 5 nitrogen and oxygen atoms in total. The van der Waals surface area contributed by atoms with Gasteiger partial charge in [0, 0.05) is 6.61 Å². The molecule has 0 radical (unpaired) electrons. The van der Waals surface area contributed by atoms with Gasteiger partial charge in [0.15, 0.2) is 6.29 Å². The maximum absolute atomic E-state index is 9.56. The van der Waals surface area contributed by atoms with E-state index < -0.39 is 30.7 Å². The van der Waals surface area contributed by atoms with E-state index in [2.05, 4.69) is 0 Å². The second-order valence-corrected chi connectivity index (χ2v) is 3.91. The van der Waals surface area contributed by atoms with Gasteiger partial charge in [0.05, 0.1) is 6.10 Å². The van der Waals surface area contributed by atoms with Crippen LogP contribution in [0.4, 0.5) is 0 Å². The molecule has 0 aromatic carbocycles. The molecular formula is C10H20O5. The van der Waals surface area contributed by atoms with Crippen molar-refractivity contribution in [1.29, 1.82) is 0 Å². The van der Waals surface area contributed by atoms with Gasteiger partial charge < -0.3 is 24.8 Å². The Morgan fingerprint density at radius 3 is 2.40 bits per heavy atom. The van der Waals surface area contributed by atoms with Crippen molar-refractivity contribution < 1.29 is 24.8 Å². The van der Waals surface area contributed by atoms with Crippen molar-refractivity contribution in [3.8, 4) is 0 Å². The van der Waals surface area contributed by atoms with Crippen LogP contribution in [0.15, 0.2) is 0 Å². The zero-order chi connectivity index (χ0) is 11.4. The zero-order valence-electron chi connectivity index (χ0n) is 9.17. The summed E-state index contributed by atoms with van der Waals surface area (Å²) in [6, 6.07) is 0. The minimum absolute atomic E-state index is 0.480. The molecule has 3 N–H and O–H groups in total. The lowest BCUT2D eigenvalue weighted by atomic mass is 10.0. The van der Waals surface area contributed by atoms with Crippen molar-refractivity contribution in [1.82, 2.24) is 0 Å². The smallest absolute Gasteiger partial charge is 0.186 e. The molecule has 90 valence electrons. The lowest BCUT2D eigenvalue weighted by molar-refractivity contribution is -0.293. The Morgan fingerprint density at radius 1 is 1.13 bits per heavy atom. The minimum Gasteiger partial charge on any atom is -0.388 e. The molecule has 1 heterocycles. The highest BCUT2D eigenvalue weighted by atomic mass is 16.7. The highest BCUT2D eigenvalue weighted by molar-refractivity contribution is 4.87. The lowest BCUT2D eigenvalue weighted by Crippen LogP contribution is -2.57. The number of ether oxygens (including phenoxy) is 2. The fraction of sp³-hybridized carbons (Fsp3) is 1.00. The highest BCUT2D eigenvalue weighted by Crippen LogP contribution is 2.21. The van der Waals surface area contributed by atoms with Gasteiger partial charge in [-0.2, -0.15) is 0 Å². The summed E-state index contributed by atoms with van der Waals surface area (Å²) in [6.07, 6.45) is -2.97. The molecule has 5 heteroatoms. The molecule has 0 bridgehead atoms. The molecule has 0 aliphatic carbocycles. The van der Waals surface area contributed by atoms with E-state index in [1.165, 1.54) is 0 Å². The van der Waals surface area contributed by atoms with E-state index in [-0.39, 0.29) is 0 Å². The van der Waals surface area contributed by atoms with Gasteiger partial charge in [-0.15, -0.1) is 0 Å². The van der Waals surface area contributed by atoms with E-state index >= 15 is 0 Å². The van der Waals surface area contributed by atoms with Crippen molar-refractivity contribution in [3.63, 3.8) is 0 Å². The minimum atomic E-state index is -1.21. The average Bonchev–Trinajstić information content (AvgIpc) is 2.23. The fourth-order valence-corrected chi connectivity index (χ4v) is 1.49. The zero-order valence-corrected chi connectivity index (χ0v) is 9.17. The third-order valence-corrected chi connectivity index (χ3v) is 2.59. The van der Waals surface area contributed by atoms with E-state index in [1.807, 2.05) is 6.92 Å². The number of hydrogen-bond acceptors (Lipinski definition) is 5. The molecule has 15 heavy (non-hydrogen) atoms. The van der Waals surface area contributed by atoms with Crippen molar-refractivity contribution in [2.75, 3.05) is 6.61 Å². The quantitative estimate of drug-likeness (QED) is 0.563. The van der Waals surface area contributed by atoms with Gasteiger partial charge in [-0.25, -0.2) is 0 Å². The first-order valence-corrected chi connectivity index (χ1v) is 5.39. The Bertz CT molecular complexity index is 187. The first-order chi connectivity index (χ1) is 7.07. The van der Waals surface area contributed by atoms with E-state index in [4.69, 9.17) is 9.47 Å². The Morgan fingerprint density at radius 2 is 1.80 bits per heavy atom. The van der Waals surface area contributed by atoms with Crippen molar-refractivity contribution in [2.45, 2.75) is 57.4 Å². The van der Waals surface area contributed by atoms with Crippen LogP contribution in [0.2, 0.25) is 0 Å². The van der Waals surface area contributed by atoms with Crippen molar-refractivity contribution in [3.05, 3.63) is 0 Å². The summed E-state index contributed by atoms with van der Waals surface area (Å²) in [6.45, 7) is 4.15. The summed E-state index contributed by atoms with van der Waals surface area (Å²) in [5.41, 5.74) is 0. The number of aliphatic hydroxyl groups excluding tert-OH is 3. The second-order valence-electron chi connectivity index (χ2n) is 3.91.